The number of hydrogen-bond donors (Lipinski definition) is 1. The van der Waals surface area contributed by atoms with Crippen molar-refractivity contribution in [3.05, 3.63) is 0 Å². The van der Waals surface area contributed by atoms with E-state index in [1.54, 1.807) is 6.92 Å². The van der Waals surface area contributed by atoms with E-state index in [2.05, 4.69) is 0 Å². The van der Waals surface area contributed by atoms with Crippen LogP contribution in [0.25, 0.3) is 0 Å². The molecule has 0 spiro atoms. The van der Waals surface area contributed by atoms with E-state index >= 15 is 0 Å². The van der Waals surface area contributed by atoms with Gasteiger partial charge in [-0.1, -0.05) is 19.1 Å². The molecule has 1 aliphatic carbocycles. The van der Waals surface area contributed by atoms with Crippen molar-refractivity contribution >= 4 is 27.0 Å². The van der Waals surface area contributed by atoms with E-state index < -0.39 is 15.3 Å². The number of hydrogen-bond acceptors (Lipinski definition) is 4. The van der Waals surface area contributed by atoms with Crippen LogP contribution in [-0.4, -0.2) is 37.6 Å². The minimum atomic E-state index is -3.00. The van der Waals surface area contributed by atoms with Crippen LogP contribution in [0.1, 0.15) is 33.1 Å². The fraction of sp³-hybridized carbons (Fsp3) is 0.909. The Labute approximate surface area is 109 Å². The smallest absolute Gasteiger partial charge is 0.152 e. The van der Waals surface area contributed by atoms with Gasteiger partial charge in [-0.3, -0.25) is 0 Å². The minimum absolute atomic E-state index is 0.180. The molecule has 0 aromatic carbocycles. The molecule has 1 rings (SSSR count). The molecule has 0 saturated heterocycles. The van der Waals surface area contributed by atoms with E-state index in [-0.39, 0.29) is 11.0 Å². The molecule has 0 aliphatic heterocycles. The zero-order valence-electron chi connectivity index (χ0n) is 10.4. The van der Waals surface area contributed by atoms with Crippen LogP contribution in [0.3, 0.4) is 0 Å². The number of sulfone groups is 1. The Morgan fingerprint density at radius 2 is 2.18 bits per heavy atom. The molecule has 17 heavy (non-hydrogen) atoms. The molecule has 0 radical (unpaired) electrons. The summed E-state index contributed by atoms with van der Waals surface area (Å²) in [6, 6.07) is 0. The molecule has 6 heteroatoms. The molecule has 2 atom stereocenters. The van der Waals surface area contributed by atoms with Gasteiger partial charge in [0, 0.05) is 17.8 Å². The molecular formula is C11H21NO3S2. The van der Waals surface area contributed by atoms with Crippen LogP contribution < -0.4 is 5.73 Å². The van der Waals surface area contributed by atoms with E-state index in [1.165, 1.54) is 0 Å². The van der Waals surface area contributed by atoms with Crippen LogP contribution in [0, 0.1) is 5.41 Å². The zero-order chi connectivity index (χ0) is 13.1. The Bertz CT molecular complexity index is 380. The lowest BCUT2D eigenvalue weighted by atomic mass is 9.87. The summed E-state index contributed by atoms with van der Waals surface area (Å²) in [5.41, 5.74) is 5.36. The topological polar surface area (TPSA) is 69.4 Å². The molecule has 0 amide bonds. The van der Waals surface area contributed by atoms with Gasteiger partial charge in [-0.05, 0) is 26.2 Å². The fourth-order valence-corrected chi connectivity index (χ4v) is 4.11. The van der Waals surface area contributed by atoms with Crippen molar-refractivity contribution in [3.63, 3.8) is 0 Å². The second-order valence-corrected chi connectivity index (χ2v) is 7.61. The van der Waals surface area contributed by atoms with Gasteiger partial charge in [0.05, 0.1) is 16.8 Å². The molecule has 1 saturated carbocycles. The summed E-state index contributed by atoms with van der Waals surface area (Å²) >= 11 is 5.10. The Morgan fingerprint density at radius 3 is 2.65 bits per heavy atom. The van der Waals surface area contributed by atoms with Gasteiger partial charge in [0.1, 0.15) is 0 Å². The van der Waals surface area contributed by atoms with E-state index in [4.69, 9.17) is 22.7 Å². The third-order valence-corrected chi connectivity index (χ3v) is 6.23. The standard InChI is InChI=1S/C11H21NO3S2/c1-3-15-8-11(10(12)16)6-5-9(7-11)17(13,14)4-2/h9H,3-8H2,1-2H3,(H2,12,16). The maximum absolute atomic E-state index is 11.9. The van der Waals surface area contributed by atoms with E-state index in [0.29, 0.717) is 37.5 Å². The maximum atomic E-state index is 11.9. The molecule has 0 bridgehead atoms. The summed E-state index contributed by atoms with van der Waals surface area (Å²) in [5.74, 6) is 0.180. The average Bonchev–Trinajstić information content (AvgIpc) is 2.73. The zero-order valence-corrected chi connectivity index (χ0v) is 12.1. The number of ether oxygens (including phenoxy) is 1. The Hall–Kier alpha value is -0.200. The lowest BCUT2D eigenvalue weighted by Gasteiger charge is -2.27. The predicted octanol–water partition coefficient (Wildman–Crippen LogP) is 1.28. The van der Waals surface area contributed by atoms with Gasteiger partial charge < -0.3 is 10.5 Å². The van der Waals surface area contributed by atoms with Crippen LogP contribution in [-0.2, 0) is 14.6 Å². The molecule has 100 valence electrons. The highest BCUT2D eigenvalue weighted by atomic mass is 32.2. The van der Waals surface area contributed by atoms with Gasteiger partial charge in [-0.15, -0.1) is 0 Å². The van der Waals surface area contributed by atoms with Crippen molar-refractivity contribution in [2.75, 3.05) is 19.0 Å². The Balaban J connectivity index is 2.82. The molecule has 0 aromatic heterocycles. The van der Waals surface area contributed by atoms with E-state index in [1.807, 2.05) is 6.92 Å². The van der Waals surface area contributed by atoms with Crippen molar-refractivity contribution in [2.45, 2.75) is 38.4 Å². The molecule has 0 aromatic rings. The molecular weight excluding hydrogens is 258 g/mol. The summed E-state index contributed by atoms with van der Waals surface area (Å²) in [4.78, 5) is 0.389. The summed E-state index contributed by atoms with van der Waals surface area (Å²) in [6.07, 6.45) is 1.87. The van der Waals surface area contributed by atoms with Crippen LogP contribution in [0.4, 0.5) is 0 Å². The highest BCUT2D eigenvalue weighted by molar-refractivity contribution is 7.92. The first-order valence-corrected chi connectivity index (χ1v) is 8.09. The third kappa shape index (κ3) is 3.17. The Kier molecular flexibility index (Phi) is 4.92. The molecule has 2 N–H and O–H groups in total. The normalized spacial score (nSPS) is 29.4. The van der Waals surface area contributed by atoms with Crippen LogP contribution in [0.2, 0.25) is 0 Å². The van der Waals surface area contributed by atoms with Gasteiger partial charge in [0.2, 0.25) is 0 Å². The highest BCUT2D eigenvalue weighted by Gasteiger charge is 2.45. The molecule has 4 nitrogen and oxygen atoms in total. The fourth-order valence-electron chi connectivity index (χ4n) is 2.34. The van der Waals surface area contributed by atoms with Crippen LogP contribution >= 0.6 is 12.2 Å². The maximum Gasteiger partial charge on any atom is 0.152 e. The van der Waals surface area contributed by atoms with Crippen LogP contribution in [0.15, 0.2) is 0 Å². The van der Waals surface area contributed by atoms with Gasteiger partial charge in [-0.2, -0.15) is 0 Å². The quantitative estimate of drug-likeness (QED) is 0.742. The molecule has 1 aliphatic rings. The minimum Gasteiger partial charge on any atom is -0.393 e. The summed E-state index contributed by atoms with van der Waals surface area (Å²) in [5, 5.41) is -0.311. The summed E-state index contributed by atoms with van der Waals surface area (Å²) in [7, 11) is -3.00. The lowest BCUT2D eigenvalue weighted by Crippen LogP contribution is -2.38. The number of nitrogens with two attached hydrogens (primary N) is 1. The van der Waals surface area contributed by atoms with E-state index in [0.717, 1.165) is 0 Å². The third-order valence-electron chi connectivity index (χ3n) is 3.58. The van der Waals surface area contributed by atoms with E-state index in [9.17, 15) is 8.42 Å². The average molecular weight is 279 g/mol. The molecule has 2 unspecified atom stereocenters. The van der Waals surface area contributed by atoms with Crippen molar-refractivity contribution < 1.29 is 13.2 Å². The van der Waals surface area contributed by atoms with Gasteiger partial charge >= 0.3 is 0 Å². The monoisotopic (exact) mass is 279 g/mol. The number of rotatable bonds is 6. The van der Waals surface area contributed by atoms with Crippen molar-refractivity contribution in [1.82, 2.24) is 0 Å². The first-order chi connectivity index (χ1) is 7.88. The number of thiocarbonyl (C=S) groups is 1. The van der Waals surface area contributed by atoms with Crippen LogP contribution in [0.5, 0.6) is 0 Å². The molecule has 1 fully saturated rings. The first kappa shape index (κ1) is 14.9. The SMILES string of the molecule is CCOCC1(C(N)=S)CCC(S(=O)(=O)CC)C1. The summed E-state index contributed by atoms with van der Waals surface area (Å²) in [6.45, 7) is 4.62. The Morgan fingerprint density at radius 1 is 1.53 bits per heavy atom. The van der Waals surface area contributed by atoms with Gasteiger partial charge in [0.25, 0.3) is 0 Å². The largest absolute Gasteiger partial charge is 0.393 e. The second-order valence-electron chi connectivity index (χ2n) is 4.60. The lowest BCUT2D eigenvalue weighted by molar-refractivity contribution is 0.0896. The van der Waals surface area contributed by atoms with Crippen molar-refractivity contribution in [2.24, 2.45) is 11.1 Å². The summed E-state index contributed by atoms with van der Waals surface area (Å²) < 4.78 is 29.1. The molecule has 0 heterocycles. The van der Waals surface area contributed by atoms with Crippen molar-refractivity contribution in [3.8, 4) is 0 Å². The first-order valence-electron chi connectivity index (χ1n) is 5.97. The predicted molar refractivity (Wildman–Crippen MR) is 72.8 cm³/mol. The highest BCUT2D eigenvalue weighted by Crippen LogP contribution is 2.42. The second kappa shape index (κ2) is 5.63. The van der Waals surface area contributed by atoms with Crippen molar-refractivity contribution in [1.29, 1.82) is 0 Å². The van der Waals surface area contributed by atoms with Gasteiger partial charge in [-0.25, -0.2) is 8.42 Å². The van der Waals surface area contributed by atoms with Gasteiger partial charge in [0.15, 0.2) is 9.84 Å².